The van der Waals surface area contributed by atoms with Gasteiger partial charge in [0, 0.05) is 6.07 Å². The lowest BCUT2D eigenvalue weighted by molar-refractivity contribution is 0.0688. The second-order valence-electron chi connectivity index (χ2n) is 4.49. The molecule has 0 aliphatic heterocycles. The molecule has 0 bridgehead atoms. The van der Waals surface area contributed by atoms with E-state index in [-0.39, 0.29) is 12.3 Å². The van der Waals surface area contributed by atoms with Gasteiger partial charge in [-0.15, -0.1) is 10.2 Å². The van der Waals surface area contributed by atoms with Crippen molar-refractivity contribution in [3.05, 3.63) is 54.0 Å². The fraction of sp³-hybridized carbons (Fsp3) is 0.133. The molecule has 0 atom stereocenters. The van der Waals surface area contributed by atoms with Crippen molar-refractivity contribution in [2.75, 3.05) is 7.11 Å². The van der Waals surface area contributed by atoms with Gasteiger partial charge >= 0.3 is 5.97 Å². The van der Waals surface area contributed by atoms with Gasteiger partial charge in [-0.1, -0.05) is 12.1 Å². The Morgan fingerprint density at radius 3 is 2.73 bits per heavy atom. The van der Waals surface area contributed by atoms with E-state index in [0.29, 0.717) is 23.0 Å². The summed E-state index contributed by atoms with van der Waals surface area (Å²) in [4.78, 5) is 11.3. The maximum atomic E-state index is 11.3. The number of benzene rings is 1. The number of hydrogen-bond acceptors (Lipinski definition) is 5. The van der Waals surface area contributed by atoms with E-state index in [0.717, 1.165) is 0 Å². The molecule has 0 spiro atoms. The van der Waals surface area contributed by atoms with Crippen molar-refractivity contribution in [1.29, 1.82) is 0 Å². The number of carboxylic acid groups (broad SMARTS) is 1. The van der Waals surface area contributed by atoms with Crippen molar-refractivity contribution in [1.82, 2.24) is 14.6 Å². The minimum Gasteiger partial charge on any atom is -0.497 e. The first kappa shape index (κ1) is 13.9. The molecule has 7 nitrogen and oxygen atoms in total. The van der Waals surface area contributed by atoms with E-state index in [1.165, 1.54) is 10.5 Å². The van der Waals surface area contributed by atoms with Crippen LogP contribution in [-0.2, 0) is 6.61 Å². The van der Waals surface area contributed by atoms with Crippen molar-refractivity contribution in [2.24, 2.45) is 0 Å². The standard InChI is InChI=1S/C15H13N3O4/c1-21-10-4-2-5-11(8-10)22-9-14-17-16-13-7-3-6-12(15(19)20)18(13)14/h2-8H,9H2,1H3,(H,19,20). The SMILES string of the molecule is COc1cccc(OCc2nnc3cccc(C(=O)O)n23)c1. The first-order valence-electron chi connectivity index (χ1n) is 6.52. The normalized spacial score (nSPS) is 10.6. The molecule has 1 N–H and O–H groups in total. The van der Waals surface area contributed by atoms with Crippen LogP contribution < -0.4 is 9.47 Å². The van der Waals surface area contributed by atoms with Crippen LogP contribution in [0.4, 0.5) is 0 Å². The second-order valence-corrected chi connectivity index (χ2v) is 4.49. The highest BCUT2D eigenvalue weighted by Crippen LogP contribution is 2.20. The minimum atomic E-state index is -1.05. The van der Waals surface area contributed by atoms with Gasteiger partial charge in [-0.3, -0.25) is 4.40 Å². The molecule has 0 saturated carbocycles. The van der Waals surface area contributed by atoms with Crippen LogP contribution in [0.3, 0.4) is 0 Å². The molecule has 0 unspecified atom stereocenters. The summed E-state index contributed by atoms with van der Waals surface area (Å²) in [5.41, 5.74) is 0.552. The third kappa shape index (κ3) is 2.56. The second kappa shape index (κ2) is 5.72. The highest BCUT2D eigenvalue weighted by atomic mass is 16.5. The Morgan fingerprint density at radius 1 is 1.18 bits per heavy atom. The number of carbonyl (C=O) groups is 1. The lowest BCUT2D eigenvalue weighted by atomic mass is 10.3. The summed E-state index contributed by atoms with van der Waals surface area (Å²) < 4.78 is 12.2. The van der Waals surface area contributed by atoms with Crippen LogP contribution in [0.5, 0.6) is 11.5 Å². The summed E-state index contributed by atoms with van der Waals surface area (Å²) in [6, 6.07) is 11.9. The molecular formula is C15H13N3O4. The zero-order chi connectivity index (χ0) is 15.5. The molecule has 3 aromatic rings. The van der Waals surface area contributed by atoms with E-state index in [9.17, 15) is 9.90 Å². The number of nitrogens with zero attached hydrogens (tertiary/aromatic N) is 3. The number of aromatic nitrogens is 3. The molecule has 0 aliphatic carbocycles. The molecule has 0 amide bonds. The van der Waals surface area contributed by atoms with Crippen LogP contribution in [0.25, 0.3) is 5.65 Å². The molecular weight excluding hydrogens is 286 g/mol. The number of pyridine rings is 1. The number of ether oxygens (including phenoxy) is 2. The molecule has 7 heteroatoms. The Hall–Kier alpha value is -3.09. The molecule has 2 aromatic heterocycles. The Kier molecular flexibility index (Phi) is 3.61. The average Bonchev–Trinajstić information content (AvgIpc) is 2.96. The van der Waals surface area contributed by atoms with Gasteiger partial charge in [0.1, 0.15) is 23.8 Å². The summed E-state index contributed by atoms with van der Waals surface area (Å²) in [5, 5.41) is 17.2. The van der Waals surface area contributed by atoms with Crippen LogP contribution in [0.15, 0.2) is 42.5 Å². The average molecular weight is 299 g/mol. The number of fused-ring (bicyclic) bond motifs is 1. The monoisotopic (exact) mass is 299 g/mol. The van der Waals surface area contributed by atoms with Crippen LogP contribution in [0, 0.1) is 0 Å². The Morgan fingerprint density at radius 2 is 1.95 bits per heavy atom. The number of carboxylic acids is 1. The summed E-state index contributed by atoms with van der Waals surface area (Å²) in [6.45, 7) is 0.0959. The topological polar surface area (TPSA) is 86.0 Å². The largest absolute Gasteiger partial charge is 0.497 e. The fourth-order valence-corrected chi connectivity index (χ4v) is 2.10. The predicted molar refractivity (Wildman–Crippen MR) is 77.3 cm³/mol. The van der Waals surface area contributed by atoms with Crippen LogP contribution in [0.2, 0.25) is 0 Å². The molecule has 0 radical (unpaired) electrons. The maximum absolute atomic E-state index is 11.3. The molecule has 1 aromatic carbocycles. The smallest absolute Gasteiger partial charge is 0.352 e. The lowest BCUT2D eigenvalue weighted by Crippen LogP contribution is -2.09. The first-order chi connectivity index (χ1) is 10.7. The van der Waals surface area contributed by atoms with Crippen molar-refractivity contribution < 1.29 is 19.4 Å². The number of aromatic carboxylic acids is 1. The number of hydrogen-bond donors (Lipinski definition) is 1. The molecule has 3 rings (SSSR count). The zero-order valence-corrected chi connectivity index (χ0v) is 11.8. The van der Waals surface area contributed by atoms with Gasteiger partial charge in [-0.05, 0) is 24.3 Å². The van der Waals surface area contributed by atoms with Gasteiger partial charge in [0.15, 0.2) is 11.5 Å². The van der Waals surface area contributed by atoms with Gasteiger partial charge in [0.05, 0.1) is 7.11 Å². The van der Waals surface area contributed by atoms with Gasteiger partial charge in [0.25, 0.3) is 0 Å². The van der Waals surface area contributed by atoms with E-state index >= 15 is 0 Å². The molecule has 0 saturated heterocycles. The van der Waals surface area contributed by atoms with Crippen LogP contribution in [0.1, 0.15) is 16.3 Å². The van der Waals surface area contributed by atoms with E-state index in [1.54, 1.807) is 37.4 Å². The van der Waals surface area contributed by atoms with E-state index in [1.807, 2.05) is 6.07 Å². The van der Waals surface area contributed by atoms with Gasteiger partial charge < -0.3 is 14.6 Å². The highest BCUT2D eigenvalue weighted by molar-refractivity contribution is 5.86. The van der Waals surface area contributed by atoms with Crippen molar-refractivity contribution >= 4 is 11.6 Å². The third-order valence-corrected chi connectivity index (χ3v) is 3.12. The quantitative estimate of drug-likeness (QED) is 0.775. The number of rotatable bonds is 5. The predicted octanol–water partition coefficient (Wildman–Crippen LogP) is 2.02. The van der Waals surface area contributed by atoms with Crippen molar-refractivity contribution in [3.8, 4) is 11.5 Å². The minimum absolute atomic E-state index is 0.0896. The molecule has 2 heterocycles. The van der Waals surface area contributed by atoms with Gasteiger partial charge in [-0.25, -0.2) is 4.79 Å². The van der Waals surface area contributed by atoms with Crippen molar-refractivity contribution in [3.63, 3.8) is 0 Å². The van der Waals surface area contributed by atoms with Gasteiger partial charge in [0.2, 0.25) is 0 Å². The lowest BCUT2D eigenvalue weighted by Gasteiger charge is -2.07. The molecule has 0 fully saturated rings. The van der Waals surface area contributed by atoms with Crippen LogP contribution >= 0.6 is 0 Å². The Balaban J connectivity index is 1.89. The molecule has 112 valence electrons. The summed E-state index contributed by atoms with van der Waals surface area (Å²) in [6.07, 6.45) is 0. The maximum Gasteiger partial charge on any atom is 0.352 e. The Bertz CT molecular complexity index is 829. The first-order valence-corrected chi connectivity index (χ1v) is 6.52. The molecule has 0 aliphatic rings. The molecule has 22 heavy (non-hydrogen) atoms. The summed E-state index contributed by atoms with van der Waals surface area (Å²) >= 11 is 0. The highest BCUT2D eigenvalue weighted by Gasteiger charge is 2.14. The van der Waals surface area contributed by atoms with Crippen molar-refractivity contribution in [2.45, 2.75) is 6.61 Å². The van der Waals surface area contributed by atoms with E-state index in [4.69, 9.17) is 9.47 Å². The van der Waals surface area contributed by atoms with E-state index < -0.39 is 5.97 Å². The van der Waals surface area contributed by atoms with Crippen LogP contribution in [-0.4, -0.2) is 32.8 Å². The van der Waals surface area contributed by atoms with Gasteiger partial charge in [-0.2, -0.15) is 0 Å². The summed E-state index contributed by atoms with van der Waals surface area (Å²) in [5.74, 6) is 0.641. The fourth-order valence-electron chi connectivity index (χ4n) is 2.10. The summed E-state index contributed by atoms with van der Waals surface area (Å²) in [7, 11) is 1.57. The Labute approximate surface area is 125 Å². The third-order valence-electron chi connectivity index (χ3n) is 3.12. The van der Waals surface area contributed by atoms with E-state index in [2.05, 4.69) is 10.2 Å². The number of methoxy groups -OCH3 is 1. The zero-order valence-electron chi connectivity index (χ0n) is 11.8.